The van der Waals surface area contributed by atoms with Crippen LogP contribution in [0.25, 0.3) is 0 Å². The Bertz CT molecular complexity index is 112. The molecule has 0 unspecified atom stereocenters. The first kappa shape index (κ1) is 14.3. The predicted molar refractivity (Wildman–Crippen MR) is 59.5 cm³/mol. The monoisotopic (exact) mass is 170 g/mol. The maximum absolute atomic E-state index is 2.35. The molecule has 0 nitrogen and oxygen atoms in total. The lowest BCUT2D eigenvalue weighted by atomic mass is 9.84. The summed E-state index contributed by atoms with van der Waals surface area (Å²) in [7, 11) is 0. The third-order valence-corrected chi connectivity index (χ3v) is 1.79. The molecule has 0 aliphatic heterocycles. The third-order valence-electron chi connectivity index (χ3n) is 1.79. The first-order valence-corrected chi connectivity index (χ1v) is 5.21. The molecule has 0 fully saturated rings. The molecule has 0 aromatic carbocycles. The Morgan fingerprint density at radius 1 is 1.08 bits per heavy atom. The van der Waals surface area contributed by atoms with Crippen molar-refractivity contribution >= 4 is 0 Å². The molecule has 0 radical (unpaired) electrons. The highest BCUT2D eigenvalue weighted by Gasteiger charge is 2.13. The number of allylic oxidation sites excluding steroid dienone is 2. The Morgan fingerprint density at radius 3 is 1.58 bits per heavy atom. The second-order valence-electron chi connectivity index (χ2n) is 3.74. The fourth-order valence-electron chi connectivity index (χ4n) is 1.23. The summed E-state index contributed by atoms with van der Waals surface area (Å²) in [5.41, 5.74) is 1.96. The van der Waals surface area contributed by atoms with Gasteiger partial charge in [0.15, 0.2) is 0 Å². The Hall–Kier alpha value is -0.260. The zero-order valence-electron chi connectivity index (χ0n) is 9.99. The molecule has 12 heavy (non-hydrogen) atoms. The maximum atomic E-state index is 2.35. The molecule has 0 aliphatic rings. The van der Waals surface area contributed by atoms with E-state index >= 15 is 0 Å². The number of hydrogen-bond acceptors (Lipinski definition) is 0. The average Bonchev–Trinajstić information content (AvgIpc) is 2.02. The van der Waals surface area contributed by atoms with Gasteiger partial charge in [-0.05, 0) is 18.3 Å². The van der Waals surface area contributed by atoms with Crippen molar-refractivity contribution in [2.75, 3.05) is 0 Å². The van der Waals surface area contributed by atoms with Gasteiger partial charge in [0.2, 0.25) is 0 Å². The molecule has 0 rings (SSSR count). The van der Waals surface area contributed by atoms with Crippen molar-refractivity contribution in [2.24, 2.45) is 5.41 Å². The van der Waals surface area contributed by atoms with E-state index in [0.29, 0.717) is 5.41 Å². The van der Waals surface area contributed by atoms with Crippen LogP contribution in [0.15, 0.2) is 11.6 Å². The van der Waals surface area contributed by atoms with E-state index in [9.17, 15) is 0 Å². The van der Waals surface area contributed by atoms with Gasteiger partial charge in [-0.3, -0.25) is 0 Å². The van der Waals surface area contributed by atoms with Gasteiger partial charge in [-0.15, -0.1) is 0 Å². The lowest BCUT2D eigenvalue weighted by Crippen LogP contribution is -2.08. The minimum Gasteiger partial charge on any atom is -0.0851 e. The lowest BCUT2D eigenvalue weighted by molar-refractivity contribution is 0.486. The fourth-order valence-corrected chi connectivity index (χ4v) is 1.23. The smallest absolute Gasteiger partial charge is 0.0173 e. The topological polar surface area (TPSA) is 0 Å². The Labute approximate surface area is 79.1 Å². The summed E-state index contributed by atoms with van der Waals surface area (Å²) in [4.78, 5) is 0. The van der Waals surface area contributed by atoms with Gasteiger partial charge in [0.05, 0.1) is 0 Å². The standard InChI is InChI=1S/C10H20.C2H6/c1-6-8-9(7-2)10(3,4)5;1-2/h8H,6-7H2,1-5H3;1-2H3/b9-8+;. The molecule has 0 spiro atoms. The van der Waals surface area contributed by atoms with E-state index in [2.05, 4.69) is 40.7 Å². The van der Waals surface area contributed by atoms with Crippen LogP contribution in [-0.4, -0.2) is 0 Å². The van der Waals surface area contributed by atoms with Crippen LogP contribution in [0, 0.1) is 5.41 Å². The van der Waals surface area contributed by atoms with Crippen molar-refractivity contribution in [1.82, 2.24) is 0 Å². The van der Waals surface area contributed by atoms with Crippen molar-refractivity contribution in [2.45, 2.75) is 61.3 Å². The summed E-state index contributed by atoms with van der Waals surface area (Å²) in [6.45, 7) is 15.3. The van der Waals surface area contributed by atoms with Crippen LogP contribution in [0.5, 0.6) is 0 Å². The molecule has 0 atom stereocenters. The van der Waals surface area contributed by atoms with Crippen LogP contribution in [0.1, 0.15) is 61.3 Å². The van der Waals surface area contributed by atoms with Crippen LogP contribution in [0.4, 0.5) is 0 Å². The van der Waals surface area contributed by atoms with Gasteiger partial charge in [0, 0.05) is 0 Å². The summed E-state index contributed by atoms with van der Waals surface area (Å²) in [5, 5.41) is 0. The van der Waals surface area contributed by atoms with Gasteiger partial charge in [0.1, 0.15) is 0 Å². The summed E-state index contributed by atoms with van der Waals surface area (Å²) in [6, 6.07) is 0. The molecular formula is C12H26. The average molecular weight is 170 g/mol. The van der Waals surface area contributed by atoms with E-state index in [0.717, 1.165) is 0 Å². The molecule has 0 bridgehead atoms. The molecule has 0 saturated heterocycles. The number of hydrogen-bond donors (Lipinski definition) is 0. The zero-order chi connectivity index (χ0) is 10.2. The first-order valence-electron chi connectivity index (χ1n) is 5.21. The fraction of sp³-hybridized carbons (Fsp3) is 0.833. The molecule has 0 heterocycles. The third kappa shape index (κ3) is 6.45. The van der Waals surface area contributed by atoms with Crippen LogP contribution in [0.3, 0.4) is 0 Å². The van der Waals surface area contributed by atoms with Gasteiger partial charge >= 0.3 is 0 Å². The molecule has 0 aromatic rings. The molecule has 0 aliphatic carbocycles. The van der Waals surface area contributed by atoms with E-state index in [4.69, 9.17) is 0 Å². The molecular weight excluding hydrogens is 144 g/mol. The van der Waals surface area contributed by atoms with Gasteiger partial charge < -0.3 is 0 Å². The van der Waals surface area contributed by atoms with Crippen LogP contribution in [0.2, 0.25) is 0 Å². The molecule has 0 amide bonds. The van der Waals surface area contributed by atoms with Gasteiger partial charge in [-0.2, -0.15) is 0 Å². The maximum Gasteiger partial charge on any atom is -0.0173 e. The summed E-state index contributed by atoms with van der Waals surface area (Å²) < 4.78 is 0. The quantitative estimate of drug-likeness (QED) is 0.522. The van der Waals surface area contributed by atoms with E-state index in [1.54, 1.807) is 5.57 Å². The molecule has 0 aromatic heterocycles. The summed E-state index contributed by atoms with van der Waals surface area (Å²) in [5.74, 6) is 0. The van der Waals surface area contributed by atoms with Gasteiger partial charge in [-0.1, -0.05) is 60.1 Å². The van der Waals surface area contributed by atoms with E-state index in [1.165, 1.54) is 12.8 Å². The Morgan fingerprint density at radius 2 is 1.50 bits per heavy atom. The minimum absolute atomic E-state index is 0.380. The van der Waals surface area contributed by atoms with Crippen LogP contribution >= 0.6 is 0 Å². The predicted octanol–water partition coefficient (Wildman–Crippen LogP) is 4.81. The lowest BCUT2D eigenvalue weighted by Gasteiger charge is -2.21. The highest BCUT2D eigenvalue weighted by molar-refractivity contribution is 5.09. The highest BCUT2D eigenvalue weighted by Crippen LogP contribution is 2.27. The Balaban J connectivity index is 0. The van der Waals surface area contributed by atoms with E-state index in [-0.39, 0.29) is 0 Å². The van der Waals surface area contributed by atoms with Crippen molar-refractivity contribution < 1.29 is 0 Å². The van der Waals surface area contributed by atoms with Gasteiger partial charge in [-0.25, -0.2) is 0 Å². The Kier molecular flexibility index (Phi) is 8.79. The first-order chi connectivity index (χ1) is 5.52. The normalized spacial score (nSPS) is 12.1. The zero-order valence-corrected chi connectivity index (χ0v) is 9.99. The second-order valence-corrected chi connectivity index (χ2v) is 3.74. The van der Waals surface area contributed by atoms with Crippen molar-refractivity contribution in [3.63, 3.8) is 0 Å². The number of rotatable bonds is 2. The highest BCUT2D eigenvalue weighted by atomic mass is 14.2. The molecule has 0 N–H and O–H groups in total. The summed E-state index contributed by atoms with van der Waals surface area (Å²) >= 11 is 0. The van der Waals surface area contributed by atoms with Crippen LogP contribution < -0.4 is 0 Å². The summed E-state index contributed by atoms with van der Waals surface area (Å²) in [6.07, 6.45) is 4.71. The van der Waals surface area contributed by atoms with E-state index < -0.39 is 0 Å². The molecule has 74 valence electrons. The second kappa shape index (κ2) is 7.39. The van der Waals surface area contributed by atoms with Gasteiger partial charge in [0.25, 0.3) is 0 Å². The molecule has 0 saturated carbocycles. The van der Waals surface area contributed by atoms with Crippen molar-refractivity contribution in [3.8, 4) is 0 Å². The largest absolute Gasteiger partial charge is 0.0851 e. The molecule has 0 heteroatoms. The van der Waals surface area contributed by atoms with Crippen LogP contribution in [-0.2, 0) is 0 Å². The minimum atomic E-state index is 0.380. The van der Waals surface area contributed by atoms with Crippen molar-refractivity contribution in [1.29, 1.82) is 0 Å². The van der Waals surface area contributed by atoms with Crippen molar-refractivity contribution in [3.05, 3.63) is 11.6 Å². The van der Waals surface area contributed by atoms with E-state index in [1.807, 2.05) is 13.8 Å². The SMILES string of the molecule is CC.CC/C=C(\CC)C(C)(C)C.